The van der Waals surface area contributed by atoms with Crippen molar-refractivity contribution in [2.24, 2.45) is 0 Å². The largest absolute Gasteiger partial charge is 0.313 e. The van der Waals surface area contributed by atoms with Crippen molar-refractivity contribution < 1.29 is 0 Å². The molecule has 0 unspecified atom stereocenters. The molecule has 0 aromatic carbocycles. The fourth-order valence-corrected chi connectivity index (χ4v) is 1.10. The van der Waals surface area contributed by atoms with E-state index in [2.05, 4.69) is 9.97 Å². The number of nitrogens with zero attached hydrogens (tertiary/aromatic N) is 1. The van der Waals surface area contributed by atoms with Crippen LogP contribution in [0.4, 0.5) is 0 Å². The molecule has 0 atom stereocenters. The second-order valence-corrected chi connectivity index (χ2v) is 2.61. The molecule has 0 bridgehead atoms. The Labute approximate surface area is 69.4 Å². The van der Waals surface area contributed by atoms with Crippen molar-refractivity contribution in [2.45, 2.75) is 19.8 Å². The third-order valence-electron chi connectivity index (χ3n) is 1.40. The zero-order valence-electron chi connectivity index (χ0n) is 6.22. The van der Waals surface area contributed by atoms with E-state index in [0.29, 0.717) is 17.1 Å². The number of hydrogen-bond acceptors (Lipinski definition) is 2. The van der Waals surface area contributed by atoms with Gasteiger partial charge >= 0.3 is 0 Å². The van der Waals surface area contributed by atoms with Crippen molar-refractivity contribution in [3.8, 4) is 0 Å². The highest BCUT2D eigenvalue weighted by atomic mass is 35.5. The van der Waals surface area contributed by atoms with Crippen LogP contribution >= 0.6 is 11.6 Å². The standard InChI is InChI=1S/C7H9ClN2O/c1-2-3-5-6(8)9-4-10-7(5)11/h4H,2-3H2,1H3,(H,9,10,11). The van der Waals surface area contributed by atoms with Crippen LogP contribution in [0.1, 0.15) is 18.9 Å². The van der Waals surface area contributed by atoms with E-state index in [1.165, 1.54) is 6.33 Å². The molecule has 1 heterocycles. The molecule has 0 aliphatic carbocycles. The van der Waals surface area contributed by atoms with Crippen molar-refractivity contribution in [2.75, 3.05) is 0 Å². The first-order valence-electron chi connectivity index (χ1n) is 3.47. The predicted molar refractivity (Wildman–Crippen MR) is 43.9 cm³/mol. The Bertz CT molecular complexity index is 295. The summed E-state index contributed by atoms with van der Waals surface area (Å²) in [5.41, 5.74) is 0.448. The molecule has 0 spiro atoms. The average molecular weight is 173 g/mol. The predicted octanol–water partition coefficient (Wildman–Crippen LogP) is 1.38. The fourth-order valence-electron chi connectivity index (χ4n) is 0.873. The van der Waals surface area contributed by atoms with Gasteiger partial charge in [-0.25, -0.2) is 4.98 Å². The van der Waals surface area contributed by atoms with Crippen LogP contribution in [0.5, 0.6) is 0 Å². The minimum absolute atomic E-state index is 0.133. The van der Waals surface area contributed by atoms with Gasteiger partial charge in [-0.2, -0.15) is 0 Å². The first-order chi connectivity index (χ1) is 5.25. The van der Waals surface area contributed by atoms with E-state index in [1.807, 2.05) is 6.92 Å². The van der Waals surface area contributed by atoms with Crippen molar-refractivity contribution in [3.05, 3.63) is 27.4 Å². The third kappa shape index (κ3) is 1.80. The van der Waals surface area contributed by atoms with E-state index in [9.17, 15) is 4.79 Å². The number of aromatic nitrogens is 2. The second kappa shape index (κ2) is 3.53. The highest BCUT2D eigenvalue weighted by Crippen LogP contribution is 2.07. The van der Waals surface area contributed by atoms with Crippen molar-refractivity contribution >= 4 is 11.6 Å². The van der Waals surface area contributed by atoms with Crippen molar-refractivity contribution in [1.29, 1.82) is 0 Å². The van der Waals surface area contributed by atoms with Crippen LogP contribution in [-0.2, 0) is 6.42 Å². The van der Waals surface area contributed by atoms with Crippen LogP contribution < -0.4 is 5.56 Å². The van der Waals surface area contributed by atoms with Crippen LogP contribution in [0.2, 0.25) is 5.15 Å². The lowest BCUT2D eigenvalue weighted by Crippen LogP contribution is -2.13. The molecule has 1 rings (SSSR count). The van der Waals surface area contributed by atoms with Crippen LogP contribution in [0.25, 0.3) is 0 Å². The fraction of sp³-hybridized carbons (Fsp3) is 0.429. The highest BCUT2D eigenvalue weighted by Gasteiger charge is 2.03. The molecule has 60 valence electrons. The Kier molecular flexibility index (Phi) is 2.65. The summed E-state index contributed by atoms with van der Waals surface area (Å²) in [4.78, 5) is 17.3. The monoisotopic (exact) mass is 172 g/mol. The lowest BCUT2D eigenvalue weighted by atomic mass is 10.2. The van der Waals surface area contributed by atoms with E-state index in [4.69, 9.17) is 11.6 Å². The molecule has 1 aromatic heterocycles. The molecule has 1 N–H and O–H groups in total. The van der Waals surface area contributed by atoms with E-state index < -0.39 is 0 Å². The molecular weight excluding hydrogens is 164 g/mol. The third-order valence-corrected chi connectivity index (χ3v) is 1.72. The van der Waals surface area contributed by atoms with Gasteiger partial charge in [-0.05, 0) is 6.42 Å². The Balaban J connectivity index is 3.10. The van der Waals surface area contributed by atoms with Gasteiger partial charge in [0, 0.05) is 0 Å². The van der Waals surface area contributed by atoms with E-state index in [-0.39, 0.29) is 5.56 Å². The topological polar surface area (TPSA) is 45.8 Å². The summed E-state index contributed by atoms with van der Waals surface area (Å²) in [6.45, 7) is 1.99. The summed E-state index contributed by atoms with van der Waals surface area (Å²) >= 11 is 5.68. The van der Waals surface area contributed by atoms with Gasteiger partial charge in [0.1, 0.15) is 5.15 Å². The summed E-state index contributed by atoms with van der Waals surface area (Å²) in [5, 5.41) is 0.315. The number of rotatable bonds is 2. The minimum Gasteiger partial charge on any atom is -0.313 e. The van der Waals surface area contributed by atoms with Crippen molar-refractivity contribution in [1.82, 2.24) is 9.97 Å². The molecule has 0 saturated heterocycles. The van der Waals surface area contributed by atoms with Crippen molar-refractivity contribution in [3.63, 3.8) is 0 Å². The second-order valence-electron chi connectivity index (χ2n) is 2.25. The Hall–Kier alpha value is -0.830. The smallest absolute Gasteiger partial charge is 0.255 e. The molecule has 4 heteroatoms. The van der Waals surface area contributed by atoms with Gasteiger partial charge in [0.15, 0.2) is 0 Å². The van der Waals surface area contributed by atoms with Gasteiger partial charge in [0.25, 0.3) is 5.56 Å². The van der Waals surface area contributed by atoms with Gasteiger partial charge < -0.3 is 4.98 Å². The molecule has 0 radical (unpaired) electrons. The molecule has 0 aliphatic heterocycles. The van der Waals surface area contributed by atoms with E-state index >= 15 is 0 Å². The van der Waals surface area contributed by atoms with Gasteiger partial charge in [0.2, 0.25) is 0 Å². The molecule has 0 fully saturated rings. The molecule has 11 heavy (non-hydrogen) atoms. The molecule has 1 aromatic rings. The summed E-state index contributed by atoms with van der Waals surface area (Å²) in [7, 11) is 0. The Morgan fingerprint density at radius 1 is 1.73 bits per heavy atom. The van der Waals surface area contributed by atoms with Crippen LogP contribution in [0.3, 0.4) is 0 Å². The SMILES string of the molecule is CCCc1c(Cl)nc[nH]c1=O. The highest BCUT2D eigenvalue weighted by molar-refractivity contribution is 6.30. The molecule has 0 saturated carbocycles. The molecule has 0 amide bonds. The minimum atomic E-state index is -0.133. The number of halogens is 1. The quantitative estimate of drug-likeness (QED) is 0.685. The maximum absolute atomic E-state index is 11.0. The molecule has 3 nitrogen and oxygen atoms in total. The lowest BCUT2D eigenvalue weighted by Gasteiger charge is -1.97. The van der Waals surface area contributed by atoms with Crippen LogP contribution in [-0.4, -0.2) is 9.97 Å². The normalized spacial score (nSPS) is 10.0. The summed E-state index contributed by atoms with van der Waals surface area (Å²) in [6.07, 6.45) is 2.89. The van der Waals surface area contributed by atoms with E-state index in [0.717, 1.165) is 6.42 Å². The maximum atomic E-state index is 11.0. The summed E-state index contributed by atoms with van der Waals surface area (Å²) < 4.78 is 0. The number of aromatic amines is 1. The van der Waals surface area contributed by atoms with Gasteiger partial charge in [-0.1, -0.05) is 24.9 Å². The van der Waals surface area contributed by atoms with Gasteiger partial charge in [-0.15, -0.1) is 0 Å². The average Bonchev–Trinajstić information content (AvgIpc) is 1.97. The zero-order valence-corrected chi connectivity index (χ0v) is 6.98. The number of nitrogens with one attached hydrogen (secondary N) is 1. The van der Waals surface area contributed by atoms with E-state index in [1.54, 1.807) is 0 Å². The van der Waals surface area contributed by atoms with Gasteiger partial charge in [0.05, 0.1) is 11.9 Å². The summed E-state index contributed by atoms with van der Waals surface area (Å²) in [6, 6.07) is 0. The number of hydrogen-bond donors (Lipinski definition) is 1. The Morgan fingerprint density at radius 2 is 2.45 bits per heavy atom. The van der Waals surface area contributed by atoms with Crippen LogP contribution in [0, 0.1) is 0 Å². The maximum Gasteiger partial charge on any atom is 0.255 e. The Morgan fingerprint density at radius 3 is 3.00 bits per heavy atom. The molecule has 0 aliphatic rings. The first-order valence-corrected chi connectivity index (χ1v) is 3.85. The zero-order chi connectivity index (χ0) is 8.27. The van der Waals surface area contributed by atoms with Gasteiger partial charge in [-0.3, -0.25) is 4.79 Å². The van der Waals surface area contributed by atoms with Crippen LogP contribution in [0.15, 0.2) is 11.1 Å². The summed E-state index contributed by atoms with van der Waals surface area (Å²) in [5.74, 6) is 0. The number of H-pyrrole nitrogens is 1. The lowest BCUT2D eigenvalue weighted by molar-refractivity contribution is 0.885. The first kappa shape index (κ1) is 8.27. The molecular formula is C7H9ClN2O.